The quantitative estimate of drug-likeness (QED) is 0.762. The highest BCUT2D eigenvalue weighted by Gasteiger charge is 2.48. The van der Waals surface area contributed by atoms with Crippen LogP contribution in [0.25, 0.3) is 0 Å². The largest absolute Gasteiger partial charge is 0.508 e. The second kappa shape index (κ2) is 7.30. The molecule has 0 spiro atoms. The molecule has 6 nitrogen and oxygen atoms in total. The van der Waals surface area contributed by atoms with Gasteiger partial charge in [0.2, 0.25) is 0 Å². The molecule has 3 unspecified atom stereocenters. The Bertz CT molecular complexity index is 885. The predicted molar refractivity (Wildman–Crippen MR) is 103 cm³/mol. The molecule has 1 fully saturated rings. The van der Waals surface area contributed by atoms with Crippen LogP contribution in [-0.4, -0.2) is 41.8 Å². The highest BCUT2D eigenvalue weighted by molar-refractivity contribution is 7.85. The number of piperidine rings is 1. The van der Waals surface area contributed by atoms with E-state index in [4.69, 9.17) is 8.97 Å². The molecule has 0 radical (unpaired) electrons. The van der Waals surface area contributed by atoms with Crippen LogP contribution in [-0.2, 0) is 28.5 Å². The number of hydrogen-bond donors (Lipinski definition) is 2. The highest BCUT2D eigenvalue weighted by atomic mass is 32.2. The summed E-state index contributed by atoms with van der Waals surface area (Å²) in [6.45, 7) is 6.82. The number of fused-ring (bicyclic) bond motifs is 4. The minimum atomic E-state index is -3.67. The summed E-state index contributed by atoms with van der Waals surface area (Å²) in [7, 11) is -3.67. The Morgan fingerprint density at radius 1 is 1.33 bits per heavy atom. The third kappa shape index (κ3) is 4.36. The molecule has 1 aromatic heterocycles. The number of furan rings is 1. The molecule has 3 atom stereocenters. The highest BCUT2D eigenvalue weighted by Crippen LogP contribution is 2.49. The van der Waals surface area contributed by atoms with E-state index in [1.807, 2.05) is 18.4 Å². The molecule has 1 aromatic carbocycles. The van der Waals surface area contributed by atoms with Gasteiger partial charge in [0.25, 0.3) is 10.1 Å². The fraction of sp³-hybridized carbons (Fsp3) is 0.500. The summed E-state index contributed by atoms with van der Waals surface area (Å²) in [5, 5.41) is 9.89. The van der Waals surface area contributed by atoms with Crippen molar-refractivity contribution < 1.29 is 22.5 Å². The van der Waals surface area contributed by atoms with Gasteiger partial charge in [-0.15, -0.1) is 0 Å². The Morgan fingerprint density at radius 2 is 2.04 bits per heavy atom. The van der Waals surface area contributed by atoms with Crippen LogP contribution in [0.5, 0.6) is 5.75 Å². The predicted octanol–water partition coefficient (Wildman–Crippen LogP) is 3.21. The van der Waals surface area contributed by atoms with Crippen LogP contribution in [0.3, 0.4) is 0 Å². The van der Waals surface area contributed by atoms with E-state index in [9.17, 15) is 13.5 Å². The zero-order valence-electron chi connectivity index (χ0n) is 15.9. The van der Waals surface area contributed by atoms with E-state index in [0.717, 1.165) is 25.9 Å². The van der Waals surface area contributed by atoms with E-state index in [-0.39, 0.29) is 5.41 Å². The first-order chi connectivity index (χ1) is 12.6. The molecule has 0 amide bonds. The number of nitrogens with zero attached hydrogens (tertiary/aromatic N) is 1. The smallest absolute Gasteiger partial charge is 0.261 e. The number of likely N-dealkylation sites (tertiary alicyclic amines) is 1. The van der Waals surface area contributed by atoms with Crippen molar-refractivity contribution in [1.29, 1.82) is 0 Å². The van der Waals surface area contributed by atoms with Gasteiger partial charge in [0, 0.05) is 18.2 Å². The van der Waals surface area contributed by atoms with Crippen molar-refractivity contribution in [1.82, 2.24) is 4.90 Å². The summed E-state index contributed by atoms with van der Waals surface area (Å²) in [5.74, 6) is 0.980. The number of hydrogen-bond acceptors (Lipinski definition) is 5. The lowest BCUT2D eigenvalue weighted by atomic mass is 9.59. The first-order valence-electron chi connectivity index (χ1n) is 9.08. The molecule has 148 valence electrons. The van der Waals surface area contributed by atoms with Crippen molar-refractivity contribution in [2.45, 2.75) is 44.7 Å². The average molecular weight is 394 g/mol. The molecule has 2 heterocycles. The number of benzene rings is 1. The standard InChI is InChI=1S/C19H23NO2.CH4O3S/c1-13-18-9-15-3-4-16(21)10-17(15)19(13,2)6-7-20(18)11-14-5-8-22-12-14;1-5(2,3)4/h3-5,8,10,12-13,18,21H,6-7,9,11H2,1-2H3;1H3,(H,2,3,4). The maximum absolute atomic E-state index is 9.89. The summed E-state index contributed by atoms with van der Waals surface area (Å²) >= 11 is 0. The molecule has 1 saturated heterocycles. The Labute approximate surface area is 160 Å². The Balaban J connectivity index is 0.000000376. The maximum atomic E-state index is 9.89. The number of phenolic OH excluding ortho intramolecular Hbond substituents is 1. The second-order valence-electron chi connectivity index (χ2n) is 7.90. The molecular formula is C20H27NO5S. The van der Waals surface area contributed by atoms with Crippen LogP contribution in [0.4, 0.5) is 0 Å². The molecule has 27 heavy (non-hydrogen) atoms. The molecule has 2 aliphatic rings. The van der Waals surface area contributed by atoms with Gasteiger partial charge in [0.1, 0.15) is 5.75 Å². The van der Waals surface area contributed by atoms with Gasteiger partial charge in [-0.1, -0.05) is 19.9 Å². The Hall–Kier alpha value is -1.83. The monoisotopic (exact) mass is 393 g/mol. The third-order valence-corrected chi connectivity index (χ3v) is 6.07. The number of rotatable bonds is 2. The van der Waals surface area contributed by atoms with Gasteiger partial charge in [-0.25, -0.2) is 0 Å². The van der Waals surface area contributed by atoms with Gasteiger partial charge in [-0.3, -0.25) is 9.45 Å². The van der Waals surface area contributed by atoms with Crippen LogP contribution in [0.2, 0.25) is 0 Å². The van der Waals surface area contributed by atoms with Crippen molar-refractivity contribution in [3.8, 4) is 5.75 Å². The Morgan fingerprint density at radius 3 is 2.67 bits per heavy atom. The van der Waals surface area contributed by atoms with Crippen molar-refractivity contribution in [2.75, 3.05) is 12.8 Å². The number of aromatic hydroxyl groups is 1. The van der Waals surface area contributed by atoms with Crippen LogP contribution < -0.4 is 0 Å². The van der Waals surface area contributed by atoms with Gasteiger partial charge in [-0.2, -0.15) is 8.42 Å². The minimum Gasteiger partial charge on any atom is -0.508 e. The molecule has 2 aromatic rings. The van der Waals surface area contributed by atoms with Gasteiger partial charge < -0.3 is 9.52 Å². The van der Waals surface area contributed by atoms with Crippen molar-refractivity contribution in [3.63, 3.8) is 0 Å². The maximum Gasteiger partial charge on any atom is 0.261 e. The summed E-state index contributed by atoms with van der Waals surface area (Å²) in [4.78, 5) is 2.60. The van der Waals surface area contributed by atoms with E-state index >= 15 is 0 Å². The minimum absolute atomic E-state index is 0.171. The summed E-state index contributed by atoms with van der Waals surface area (Å²) in [5.41, 5.74) is 4.19. The molecule has 2 bridgehead atoms. The first-order valence-corrected chi connectivity index (χ1v) is 10.9. The van der Waals surface area contributed by atoms with E-state index in [1.165, 1.54) is 16.7 Å². The van der Waals surface area contributed by atoms with Crippen LogP contribution >= 0.6 is 0 Å². The molecule has 7 heteroatoms. The van der Waals surface area contributed by atoms with E-state index < -0.39 is 10.1 Å². The lowest BCUT2D eigenvalue weighted by Gasteiger charge is -2.54. The normalized spacial score (nSPS) is 27.4. The van der Waals surface area contributed by atoms with Crippen molar-refractivity contribution in [3.05, 3.63) is 53.5 Å². The second-order valence-corrected chi connectivity index (χ2v) is 9.37. The molecule has 4 rings (SSSR count). The van der Waals surface area contributed by atoms with E-state index in [1.54, 1.807) is 6.26 Å². The summed E-state index contributed by atoms with van der Waals surface area (Å²) in [6.07, 6.45) is 6.54. The fourth-order valence-corrected chi connectivity index (χ4v) is 4.51. The zero-order valence-corrected chi connectivity index (χ0v) is 16.7. The first kappa shape index (κ1) is 19.9. The van der Waals surface area contributed by atoms with E-state index in [2.05, 4.69) is 30.9 Å². The molecule has 1 aliphatic heterocycles. The topological polar surface area (TPSA) is 91.0 Å². The molecule has 1 aliphatic carbocycles. The van der Waals surface area contributed by atoms with Gasteiger partial charge in [0.05, 0.1) is 18.8 Å². The SMILES string of the molecule is CC1C2Cc3ccc(O)cc3C1(C)CCN2Cc1ccoc1.CS(=O)(=O)O. The fourth-order valence-electron chi connectivity index (χ4n) is 4.51. The average Bonchev–Trinajstić information content (AvgIpc) is 3.06. The lowest BCUT2D eigenvalue weighted by Crippen LogP contribution is -2.57. The van der Waals surface area contributed by atoms with Crippen molar-refractivity contribution in [2.24, 2.45) is 5.92 Å². The summed E-state index contributed by atoms with van der Waals surface area (Å²) in [6, 6.07) is 8.56. The number of phenols is 1. The third-order valence-electron chi connectivity index (χ3n) is 6.07. The molecular weight excluding hydrogens is 366 g/mol. The van der Waals surface area contributed by atoms with Crippen LogP contribution in [0.15, 0.2) is 41.2 Å². The van der Waals surface area contributed by atoms with Crippen LogP contribution in [0.1, 0.15) is 37.0 Å². The van der Waals surface area contributed by atoms with Gasteiger partial charge >= 0.3 is 0 Å². The van der Waals surface area contributed by atoms with Gasteiger partial charge in [0.15, 0.2) is 0 Å². The zero-order chi connectivity index (χ0) is 19.8. The Kier molecular flexibility index (Phi) is 5.38. The lowest BCUT2D eigenvalue weighted by molar-refractivity contribution is 0.0257. The van der Waals surface area contributed by atoms with Crippen LogP contribution in [0, 0.1) is 5.92 Å². The van der Waals surface area contributed by atoms with Gasteiger partial charge in [-0.05, 0) is 60.0 Å². The van der Waals surface area contributed by atoms with E-state index in [0.29, 0.717) is 24.0 Å². The van der Waals surface area contributed by atoms with Crippen molar-refractivity contribution >= 4 is 10.1 Å². The molecule has 0 saturated carbocycles. The summed E-state index contributed by atoms with van der Waals surface area (Å²) < 4.78 is 31.1. The molecule has 2 N–H and O–H groups in total.